The number of unbranched alkanes of at least 4 members (excludes halogenated alkanes) is 1. The van der Waals surface area contributed by atoms with Gasteiger partial charge in [-0.05, 0) is 55.7 Å². The van der Waals surface area contributed by atoms with Gasteiger partial charge in [0.2, 0.25) is 10.0 Å². The first kappa shape index (κ1) is 29.0. The average Bonchev–Trinajstić information content (AvgIpc) is 3.02. The number of nitrogens with zero attached hydrogens (tertiary/aromatic N) is 4. The van der Waals surface area contributed by atoms with Crippen LogP contribution >= 0.6 is 0 Å². The zero-order valence-corrected chi connectivity index (χ0v) is 24.9. The highest BCUT2D eigenvalue weighted by atomic mass is 32.2. The summed E-state index contributed by atoms with van der Waals surface area (Å²) in [7, 11) is -1.86. The molecule has 0 bridgehead atoms. The van der Waals surface area contributed by atoms with Crippen LogP contribution in [0.15, 0.2) is 77.7 Å². The number of benzene rings is 3. The van der Waals surface area contributed by atoms with E-state index in [1.165, 1.54) is 5.56 Å². The Kier molecular flexibility index (Phi) is 9.17. The third-order valence-electron chi connectivity index (χ3n) is 7.83. The highest BCUT2D eigenvalue weighted by Gasteiger charge is 2.31. The van der Waals surface area contributed by atoms with E-state index >= 15 is 0 Å². The molecule has 2 heterocycles. The van der Waals surface area contributed by atoms with E-state index in [-0.39, 0.29) is 6.04 Å². The third kappa shape index (κ3) is 6.53. The van der Waals surface area contributed by atoms with E-state index < -0.39 is 10.0 Å². The zero-order valence-electron chi connectivity index (χ0n) is 24.1. The monoisotopic (exact) mass is 573 g/mol. The van der Waals surface area contributed by atoms with Gasteiger partial charge >= 0.3 is 0 Å². The molecule has 41 heavy (non-hydrogen) atoms. The quantitative estimate of drug-likeness (QED) is 0.248. The lowest BCUT2D eigenvalue weighted by Crippen LogP contribution is -2.49. The predicted octanol–water partition coefficient (Wildman–Crippen LogP) is 5.66. The van der Waals surface area contributed by atoms with E-state index in [0.717, 1.165) is 47.3 Å². The molecule has 9 heteroatoms. The van der Waals surface area contributed by atoms with Crippen molar-refractivity contribution < 1.29 is 13.2 Å². The number of para-hydroxylation sites is 2. The first-order chi connectivity index (χ1) is 19.9. The SMILES string of the molecule is CCCCc1ccc(S(=O)(=O)N2CCN([C@H](C)c3nc(NCc4ccccc4OC)c4ccccc4n3)CC2)cc1. The molecule has 1 aliphatic heterocycles. The molecule has 4 aromatic rings. The lowest BCUT2D eigenvalue weighted by molar-refractivity contribution is 0.141. The maximum absolute atomic E-state index is 13.4. The minimum atomic E-state index is -3.53. The molecule has 1 atom stereocenters. The van der Waals surface area contributed by atoms with Gasteiger partial charge in [0, 0.05) is 43.7 Å². The second-order valence-corrected chi connectivity index (χ2v) is 12.4. The van der Waals surface area contributed by atoms with Crippen molar-refractivity contribution in [2.75, 3.05) is 38.6 Å². The molecule has 0 aliphatic carbocycles. The molecule has 0 radical (unpaired) electrons. The van der Waals surface area contributed by atoms with Gasteiger partial charge in [-0.1, -0.05) is 55.8 Å². The molecule has 1 N–H and O–H groups in total. The molecule has 0 spiro atoms. The summed E-state index contributed by atoms with van der Waals surface area (Å²) >= 11 is 0. The number of methoxy groups -OCH3 is 1. The summed E-state index contributed by atoms with van der Waals surface area (Å²) in [4.78, 5) is 12.5. The number of nitrogens with one attached hydrogen (secondary N) is 1. The number of fused-ring (bicyclic) bond motifs is 1. The summed E-state index contributed by atoms with van der Waals surface area (Å²) in [5.41, 5.74) is 3.09. The second-order valence-electron chi connectivity index (χ2n) is 10.5. The second kappa shape index (κ2) is 13.0. The lowest BCUT2D eigenvalue weighted by atomic mass is 10.1. The molecule has 8 nitrogen and oxygen atoms in total. The van der Waals surface area contributed by atoms with Crippen molar-refractivity contribution in [2.45, 2.75) is 50.6 Å². The maximum atomic E-state index is 13.4. The fraction of sp³-hybridized carbons (Fsp3) is 0.375. The van der Waals surface area contributed by atoms with Crippen molar-refractivity contribution in [1.82, 2.24) is 19.2 Å². The Morgan fingerprint density at radius 3 is 2.37 bits per heavy atom. The van der Waals surface area contributed by atoms with Gasteiger partial charge in [-0.15, -0.1) is 0 Å². The summed E-state index contributed by atoms with van der Waals surface area (Å²) in [5, 5.41) is 4.45. The fourth-order valence-electron chi connectivity index (χ4n) is 5.30. The van der Waals surface area contributed by atoms with E-state index in [1.54, 1.807) is 23.5 Å². The summed E-state index contributed by atoms with van der Waals surface area (Å²) < 4.78 is 33.8. The van der Waals surface area contributed by atoms with Crippen LogP contribution in [0.3, 0.4) is 0 Å². The van der Waals surface area contributed by atoms with Gasteiger partial charge in [0.15, 0.2) is 0 Å². The Bertz CT molecular complexity index is 1570. The Morgan fingerprint density at radius 1 is 0.927 bits per heavy atom. The molecule has 0 saturated carbocycles. The normalized spacial score (nSPS) is 15.6. The van der Waals surface area contributed by atoms with Gasteiger partial charge in [-0.25, -0.2) is 18.4 Å². The van der Waals surface area contributed by atoms with Crippen LogP contribution in [0.1, 0.15) is 49.7 Å². The van der Waals surface area contributed by atoms with Crippen LogP contribution in [0.25, 0.3) is 10.9 Å². The highest BCUT2D eigenvalue weighted by Crippen LogP contribution is 2.28. The lowest BCUT2D eigenvalue weighted by Gasteiger charge is -2.37. The van der Waals surface area contributed by atoms with Gasteiger partial charge in [0.25, 0.3) is 0 Å². The van der Waals surface area contributed by atoms with Crippen LogP contribution in [0, 0.1) is 0 Å². The topological polar surface area (TPSA) is 87.7 Å². The van der Waals surface area contributed by atoms with Crippen molar-refractivity contribution in [1.29, 1.82) is 0 Å². The highest BCUT2D eigenvalue weighted by molar-refractivity contribution is 7.89. The molecule has 1 saturated heterocycles. The smallest absolute Gasteiger partial charge is 0.243 e. The van der Waals surface area contributed by atoms with Crippen LogP contribution in [0.5, 0.6) is 5.75 Å². The van der Waals surface area contributed by atoms with E-state index in [1.807, 2.05) is 60.7 Å². The Labute approximate surface area is 243 Å². The Hall–Kier alpha value is -3.53. The van der Waals surface area contributed by atoms with Crippen LogP contribution in [0.4, 0.5) is 5.82 Å². The van der Waals surface area contributed by atoms with Crippen molar-refractivity contribution in [3.63, 3.8) is 0 Å². The number of piperazine rings is 1. The maximum Gasteiger partial charge on any atom is 0.243 e. The van der Waals surface area contributed by atoms with Crippen LogP contribution in [-0.2, 0) is 23.0 Å². The third-order valence-corrected chi connectivity index (χ3v) is 9.75. The van der Waals surface area contributed by atoms with Gasteiger partial charge in [0.1, 0.15) is 17.4 Å². The Morgan fingerprint density at radius 2 is 1.63 bits per heavy atom. The number of rotatable bonds is 11. The van der Waals surface area contributed by atoms with Crippen LogP contribution in [0.2, 0.25) is 0 Å². The summed E-state index contributed by atoms with van der Waals surface area (Å²) in [5.74, 6) is 2.31. The summed E-state index contributed by atoms with van der Waals surface area (Å²) in [6.07, 6.45) is 3.20. The van der Waals surface area contributed by atoms with Crippen molar-refractivity contribution in [2.24, 2.45) is 0 Å². The molecule has 216 valence electrons. The summed E-state index contributed by atoms with van der Waals surface area (Å²) in [6, 6.07) is 23.2. The van der Waals surface area contributed by atoms with Crippen LogP contribution < -0.4 is 10.1 Å². The molecule has 1 aliphatic rings. The van der Waals surface area contributed by atoms with Crippen molar-refractivity contribution in [3.8, 4) is 5.75 Å². The largest absolute Gasteiger partial charge is 0.496 e. The molecule has 3 aromatic carbocycles. The first-order valence-electron chi connectivity index (χ1n) is 14.4. The molecular formula is C32H39N5O3S. The number of anilines is 1. The molecule has 1 fully saturated rings. The molecular weight excluding hydrogens is 534 g/mol. The summed E-state index contributed by atoms with van der Waals surface area (Å²) in [6.45, 7) is 6.88. The minimum absolute atomic E-state index is 0.0749. The molecule has 5 rings (SSSR count). The Balaban J connectivity index is 1.29. The van der Waals surface area contributed by atoms with Crippen LogP contribution in [-0.4, -0.2) is 60.9 Å². The van der Waals surface area contributed by atoms with Gasteiger partial charge in [0.05, 0.1) is 23.6 Å². The first-order valence-corrected chi connectivity index (χ1v) is 15.8. The zero-order chi connectivity index (χ0) is 28.8. The van der Waals surface area contributed by atoms with Crippen molar-refractivity contribution in [3.05, 3.63) is 89.7 Å². The van der Waals surface area contributed by atoms with E-state index in [0.29, 0.717) is 43.4 Å². The number of sulfonamides is 1. The number of hydrogen-bond acceptors (Lipinski definition) is 7. The number of hydrogen-bond donors (Lipinski definition) is 1. The number of ether oxygens (including phenoxy) is 1. The number of aromatic nitrogens is 2. The predicted molar refractivity (Wildman–Crippen MR) is 164 cm³/mol. The van der Waals surface area contributed by atoms with Gasteiger partial charge in [-0.3, -0.25) is 4.90 Å². The molecule has 0 amide bonds. The van der Waals surface area contributed by atoms with E-state index in [4.69, 9.17) is 14.7 Å². The number of aryl methyl sites for hydroxylation is 1. The fourth-order valence-corrected chi connectivity index (χ4v) is 6.72. The van der Waals surface area contributed by atoms with Crippen molar-refractivity contribution >= 4 is 26.7 Å². The average molecular weight is 574 g/mol. The van der Waals surface area contributed by atoms with E-state index in [2.05, 4.69) is 24.1 Å². The minimum Gasteiger partial charge on any atom is -0.496 e. The van der Waals surface area contributed by atoms with E-state index in [9.17, 15) is 8.42 Å². The van der Waals surface area contributed by atoms with Gasteiger partial charge in [-0.2, -0.15) is 4.31 Å². The standard InChI is InChI=1S/C32H39N5O3S/c1-4-5-10-25-15-17-27(18-16-25)41(38,39)37-21-19-36(20-22-37)24(2)31-34-29-13-8-7-12-28(29)32(35-31)33-23-26-11-6-9-14-30(26)40-3/h6-9,11-18,24H,4-5,10,19-23H2,1-3H3,(H,33,34,35)/t24-/m1/s1. The molecule has 0 unspecified atom stereocenters. The van der Waals surface area contributed by atoms with Gasteiger partial charge < -0.3 is 10.1 Å². The molecule has 1 aromatic heterocycles.